The van der Waals surface area contributed by atoms with E-state index in [1.807, 2.05) is 11.3 Å². The van der Waals surface area contributed by atoms with Crippen molar-refractivity contribution in [3.05, 3.63) is 22.4 Å². The van der Waals surface area contributed by atoms with E-state index in [9.17, 15) is 0 Å². The molecule has 1 aliphatic rings. The van der Waals surface area contributed by atoms with Crippen LogP contribution in [-0.4, -0.2) is 25.8 Å². The molecule has 1 heterocycles. The van der Waals surface area contributed by atoms with Gasteiger partial charge in [0, 0.05) is 18.0 Å². The zero-order chi connectivity index (χ0) is 12.5. The van der Waals surface area contributed by atoms with Gasteiger partial charge in [0.15, 0.2) is 0 Å². The smallest absolute Gasteiger partial charge is 0.0594 e. The van der Waals surface area contributed by atoms with Crippen molar-refractivity contribution in [2.75, 3.05) is 19.7 Å². The van der Waals surface area contributed by atoms with Gasteiger partial charge in [0.05, 0.1) is 12.7 Å². The number of hydrogen-bond acceptors (Lipinski definition) is 3. The highest BCUT2D eigenvalue weighted by Gasteiger charge is 2.11. The molecule has 18 heavy (non-hydrogen) atoms. The fourth-order valence-corrected chi connectivity index (χ4v) is 3.21. The standard InChI is InChI=1S/C15H25NOS/c1-2-4-7-14(6-3-1)17-12-11-16-10-9-15-8-5-13-18-15/h5,8,13-14,16H,1-4,6-7,9-12H2. The first-order valence-electron chi connectivity index (χ1n) is 7.30. The average molecular weight is 267 g/mol. The van der Waals surface area contributed by atoms with Gasteiger partial charge in [0.25, 0.3) is 0 Å². The van der Waals surface area contributed by atoms with Crippen LogP contribution in [-0.2, 0) is 11.2 Å². The van der Waals surface area contributed by atoms with Crippen molar-refractivity contribution in [1.29, 1.82) is 0 Å². The van der Waals surface area contributed by atoms with Crippen LogP contribution < -0.4 is 5.32 Å². The van der Waals surface area contributed by atoms with E-state index in [2.05, 4.69) is 22.8 Å². The molecule has 0 amide bonds. The fourth-order valence-electron chi connectivity index (χ4n) is 2.50. The lowest BCUT2D eigenvalue weighted by Crippen LogP contribution is -2.24. The summed E-state index contributed by atoms with van der Waals surface area (Å²) >= 11 is 1.84. The Bertz CT molecular complexity index is 291. The summed E-state index contributed by atoms with van der Waals surface area (Å²) in [5.41, 5.74) is 0. The molecule has 3 heteroatoms. The summed E-state index contributed by atoms with van der Waals surface area (Å²) in [6.07, 6.45) is 9.74. The molecule has 1 saturated carbocycles. The summed E-state index contributed by atoms with van der Waals surface area (Å²) in [5, 5.41) is 5.60. The zero-order valence-corrected chi connectivity index (χ0v) is 12.0. The third-order valence-electron chi connectivity index (χ3n) is 3.56. The maximum absolute atomic E-state index is 5.94. The summed E-state index contributed by atoms with van der Waals surface area (Å²) in [5.74, 6) is 0. The first-order valence-corrected chi connectivity index (χ1v) is 8.18. The fraction of sp³-hybridized carbons (Fsp3) is 0.733. The van der Waals surface area contributed by atoms with E-state index >= 15 is 0 Å². The van der Waals surface area contributed by atoms with Crippen molar-refractivity contribution in [2.45, 2.75) is 51.0 Å². The summed E-state index contributed by atoms with van der Waals surface area (Å²) in [4.78, 5) is 1.46. The Morgan fingerprint density at radius 2 is 2.00 bits per heavy atom. The molecule has 0 atom stereocenters. The number of rotatable bonds is 7. The Balaban J connectivity index is 1.45. The monoisotopic (exact) mass is 267 g/mol. The van der Waals surface area contributed by atoms with Gasteiger partial charge in [-0.05, 0) is 30.7 Å². The van der Waals surface area contributed by atoms with Crippen LogP contribution in [0.4, 0.5) is 0 Å². The molecule has 1 fully saturated rings. The number of hydrogen-bond donors (Lipinski definition) is 1. The average Bonchev–Trinajstić information content (AvgIpc) is 2.76. The Hall–Kier alpha value is -0.380. The molecule has 2 rings (SSSR count). The van der Waals surface area contributed by atoms with Crippen molar-refractivity contribution in [1.82, 2.24) is 5.32 Å². The minimum atomic E-state index is 0.534. The molecule has 0 bridgehead atoms. The van der Waals surface area contributed by atoms with Crippen LogP contribution in [0, 0.1) is 0 Å². The van der Waals surface area contributed by atoms with Crippen molar-refractivity contribution in [3.8, 4) is 0 Å². The maximum atomic E-state index is 5.94. The maximum Gasteiger partial charge on any atom is 0.0594 e. The Kier molecular flexibility index (Phi) is 6.77. The SMILES string of the molecule is c1csc(CCNCCOC2CCCCCC2)c1. The molecule has 2 nitrogen and oxygen atoms in total. The molecule has 1 aliphatic carbocycles. The lowest BCUT2D eigenvalue weighted by Gasteiger charge is -2.15. The second-order valence-electron chi connectivity index (χ2n) is 5.06. The van der Waals surface area contributed by atoms with Crippen molar-refractivity contribution in [3.63, 3.8) is 0 Å². The molecular formula is C15H25NOS. The van der Waals surface area contributed by atoms with E-state index in [4.69, 9.17) is 4.74 Å². The first kappa shape index (κ1) is 14.0. The van der Waals surface area contributed by atoms with Crippen LogP contribution in [0.2, 0.25) is 0 Å². The van der Waals surface area contributed by atoms with Gasteiger partial charge in [-0.3, -0.25) is 0 Å². The summed E-state index contributed by atoms with van der Waals surface area (Å²) in [7, 11) is 0. The van der Waals surface area contributed by atoms with Gasteiger partial charge >= 0.3 is 0 Å². The van der Waals surface area contributed by atoms with Crippen molar-refractivity contribution >= 4 is 11.3 Å². The second kappa shape index (κ2) is 8.68. The van der Waals surface area contributed by atoms with E-state index in [1.54, 1.807) is 0 Å². The third-order valence-corrected chi connectivity index (χ3v) is 4.50. The Morgan fingerprint density at radius 3 is 2.72 bits per heavy atom. The third kappa shape index (κ3) is 5.51. The first-order chi connectivity index (χ1) is 8.95. The molecule has 0 spiro atoms. The van der Waals surface area contributed by atoms with E-state index in [-0.39, 0.29) is 0 Å². The summed E-state index contributed by atoms with van der Waals surface area (Å²) < 4.78 is 5.94. The molecule has 0 aliphatic heterocycles. The quantitative estimate of drug-likeness (QED) is 0.602. The minimum absolute atomic E-state index is 0.534. The molecule has 1 aromatic rings. The van der Waals surface area contributed by atoms with Crippen LogP contribution in [0.15, 0.2) is 17.5 Å². The molecule has 0 aromatic carbocycles. The minimum Gasteiger partial charge on any atom is -0.377 e. The second-order valence-corrected chi connectivity index (χ2v) is 6.10. The zero-order valence-electron chi connectivity index (χ0n) is 11.2. The lowest BCUT2D eigenvalue weighted by molar-refractivity contribution is 0.0453. The number of thiophene rings is 1. The highest BCUT2D eigenvalue weighted by molar-refractivity contribution is 7.09. The Morgan fingerprint density at radius 1 is 1.17 bits per heavy atom. The topological polar surface area (TPSA) is 21.3 Å². The highest BCUT2D eigenvalue weighted by Crippen LogP contribution is 2.19. The summed E-state index contributed by atoms with van der Waals surface area (Å²) in [6.45, 7) is 2.92. The molecule has 1 N–H and O–H groups in total. The predicted octanol–water partition coefficient (Wildman–Crippen LogP) is 3.62. The van der Waals surface area contributed by atoms with Gasteiger partial charge in [-0.15, -0.1) is 11.3 Å². The van der Waals surface area contributed by atoms with Crippen LogP contribution in [0.1, 0.15) is 43.4 Å². The number of ether oxygens (including phenoxy) is 1. The molecule has 102 valence electrons. The van der Waals surface area contributed by atoms with E-state index in [1.165, 1.54) is 43.4 Å². The summed E-state index contributed by atoms with van der Waals surface area (Å²) in [6, 6.07) is 4.32. The highest BCUT2D eigenvalue weighted by atomic mass is 32.1. The normalized spacial score (nSPS) is 17.8. The largest absolute Gasteiger partial charge is 0.377 e. The van der Waals surface area contributed by atoms with Gasteiger partial charge in [-0.25, -0.2) is 0 Å². The van der Waals surface area contributed by atoms with Crippen LogP contribution >= 0.6 is 11.3 Å². The Labute approximate surface area is 115 Å². The van der Waals surface area contributed by atoms with Crippen LogP contribution in [0.5, 0.6) is 0 Å². The van der Waals surface area contributed by atoms with Gasteiger partial charge in [0.2, 0.25) is 0 Å². The number of nitrogens with one attached hydrogen (secondary N) is 1. The molecular weight excluding hydrogens is 242 g/mol. The van der Waals surface area contributed by atoms with Crippen molar-refractivity contribution < 1.29 is 4.74 Å². The molecule has 1 aromatic heterocycles. The van der Waals surface area contributed by atoms with E-state index < -0.39 is 0 Å². The van der Waals surface area contributed by atoms with Crippen LogP contribution in [0.25, 0.3) is 0 Å². The van der Waals surface area contributed by atoms with Gasteiger partial charge in [-0.2, -0.15) is 0 Å². The van der Waals surface area contributed by atoms with Gasteiger partial charge < -0.3 is 10.1 Å². The predicted molar refractivity (Wildman–Crippen MR) is 78.3 cm³/mol. The van der Waals surface area contributed by atoms with E-state index in [0.29, 0.717) is 6.10 Å². The molecule has 0 unspecified atom stereocenters. The van der Waals surface area contributed by atoms with Crippen LogP contribution in [0.3, 0.4) is 0 Å². The van der Waals surface area contributed by atoms with Crippen molar-refractivity contribution in [2.24, 2.45) is 0 Å². The molecule has 0 saturated heterocycles. The lowest BCUT2D eigenvalue weighted by atomic mass is 10.1. The van der Waals surface area contributed by atoms with E-state index in [0.717, 1.165) is 26.1 Å². The molecule has 0 radical (unpaired) electrons. The van der Waals surface area contributed by atoms with Gasteiger partial charge in [-0.1, -0.05) is 31.7 Å². The van der Waals surface area contributed by atoms with Gasteiger partial charge in [0.1, 0.15) is 0 Å².